The molecule has 0 aromatic heterocycles. The van der Waals surface area contributed by atoms with E-state index in [2.05, 4.69) is 31.4 Å². The minimum Gasteiger partial charge on any atom is -0.379 e. The standard InChI is InChI=1S/C16H30N2O2.ClH/c1-16(2,3)14(20-4)10-17-15(19)13-9-11-7-5-6-8-12(11)18-13;/h11-14,18H,5-10H2,1-4H3,(H,17,19);1H. The molecule has 0 radical (unpaired) electrons. The van der Waals surface area contributed by atoms with Crippen molar-refractivity contribution in [3.8, 4) is 0 Å². The Morgan fingerprint density at radius 2 is 2.00 bits per heavy atom. The first kappa shape index (κ1) is 18.7. The van der Waals surface area contributed by atoms with Gasteiger partial charge in [0.25, 0.3) is 0 Å². The highest BCUT2D eigenvalue weighted by Gasteiger charge is 2.38. The lowest BCUT2D eigenvalue weighted by Gasteiger charge is -2.29. The summed E-state index contributed by atoms with van der Waals surface area (Å²) in [5.74, 6) is 0.853. The molecule has 0 spiro atoms. The van der Waals surface area contributed by atoms with Crippen LogP contribution in [0.1, 0.15) is 52.9 Å². The van der Waals surface area contributed by atoms with Gasteiger partial charge in [-0.15, -0.1) is 12.4 Å². The number of hydrogen-bond donors (Lipinski definition) is 2. The minimum atomic E-state index is 0. The highest BCUT2D eigenvalue weighted by atomic mass is 35.5. The lowest BCUT2D eigenvalue weighted by atomic mass is 9.85. The largest absolute Gasteiger partial charge is 0.379 e. The Bertz CT molecular complexity index is 330. The van der Waals surface area contributed by atoms with Gasteiger partial charge in [-0.3, -0.25) is 4.79 Å². The van der Waals surface area contributed by atoms with Crippen molar-refractivity contribution in [2.75, 3.05) is 13.7 Å². The predicted octanol–water partition coefficient (Wildman–Crippen LogP) is 2.51. The second-order valence-corrected chi connectivity index (χ2v) is 7.44. The summed E-state index contributed by atoms with van der Waals surface area (Å²) in [5, 5.41) is 6.59. The van der Waals surface area contributed by atoms with E-state index < -0.39 is 0 Å². The number of rotatable bonds is 4. The lowest BCUT2D eigenvalue weighted by molar-refractivity contribution is -0.123. The lowest BCUT2D eigenvalue weighted by Crippen LogP contribution is -2.47. The third-order valence-electron chi connectivity index (χ3n) is 4.89. The van der Waals surface area contributed by atoms with Crippen LogP contribution < -0.4 is 10.6 Å². The van der Waals surface area contributed by atoms with Crippen molar-refractivity contribution in [3.05, 3.63) is 0 Å². The summed E-state index contributed by atoms with van der Waals surface area (Å²) in [7, 11) is 1.71. The highest BCUT2D eigenvalue weighted by Crippen LogP contribution is 2.33. The maximum atomic E-state index is 12.3. The zero-order valence-electron chi connectivity index (χ0n) is 13.8. The molecule has 2 N–H and O–H groups in total. The number of methoxy groups -OCH3 is 1. The summed E-state index contributed by atoms with van der Waals surface area (Å²) in [6.45, 7) is 6.99. The average molecular weight is 319 g/mol. The third kappa shape index (κ3) is 4.83. The Hall–Kier alpha value is -0.320. The van der Waals surface area contributed by atoms with Crippen LogP contribution >= 0.6 is 12.4 Å². The molecule has 0 bridgehead atoms. The number of nitrogens with one attached hydrogen (secondary N) is 2. The fourth-order valence-corrected chi connectivity index (χ4v) is 3.58. The van der Waals surface area contributed by atoms with Crippen LogP contribution in [0.4, 0.5) is 0 Å². The average Bonchev–Trinajstić information content (AvgIpc) is 2.81. The van der Waals surface area contributed by atoms with Gasteiger partial charge < -0.3 is 15.4 Å². The SMILES string of the molecule is COC(CNC(=O)C1CC2CCCCC2N1)C(C)(C)C.Cl. The number of fused-ring (bicyclic) bond motifs is 1. The van der Waals surface area contributed by atoms with Crippen molar-refractivity contribution in [2.24, 2.45) is 11.3 Å². The van der Waals surface area contributed by atoms with Crippen molar-refractivity contribution in [3.63, 3.8) is 0 Å². The van der Waals surface area contributed by atoms with Gasteiger partial charge in [0.15, 0.2) is 0 Å². The van der Waals surface area contributed by atoms with Crippen LogP contribution in [-0.2, 0) is 9.53 Å². The minimum absolute atomic E-state index is 0. The van der Waals surface area contributed by atoms with Crippen LogP contribution in [0.5, 0.6) is 0 Å². The Labute approximate surface area is 135 Å². The van der Waals surface area contributed by atoms with Crippen molar-refractivity contribution >= 4 is 18.3 Å². The van der Waals surface area contributed by atoms with Crippen molar-refractivity contribution in [2.45, 2.75) is 71.1 Å². The van der Waals surface area contributed by atoms with E-state index in [-0.39, 0.29) is 35.9 Å². The van der Waals surface area contributed by atoms with Gasteiger partial charge in [-0.05, 0) is 30.6 Å². The van der Waals surface area contributed by atoms with Gasteiger partial charge in [-0.25, -0.2) is 0 Å². The van der Waals surface area contributed by atoms with E-state index in [4.69, 9.17) is 4.74 Å². The zero-order chi connectivity index (χ0) is 14.8. The van der Waals surface area contributed by atoms with Crippen LogP contribution in [0.2, 0.25) is 0 Å². The number of amides is 1. The first-order valence-electron chi connectivity index (χ1n) is 7.98. The highest BCUT2D eigenvalue weighted by molar-refractivity contribution is 5.85. The van der Waals surface area contributed by atoms with Gasteiger partial charge >= 0.3 is 0 Å². The molecular formula is C16H31ClN2O2. The van der Waals surface area contributed by atoms with Gasteiger partial charge in [0.1, 0.15) is 0 Å². The molecule has 0 aromatic carbocycles. The molecule has 1 heterocycles. The molecule has 2 aliphatic rings. The maximum Gasteiger partial charge on any atom is 0.237 e. The summed E-state index contributed by atoms with van der Waals surface area (Å²) < 4.78 is 5.49. The molecule has 4 atom stereocenters. The van der Waals surface area contributed by atoms with Crippen LogP contribution in [0, 0.1) is 11.3 Å². The Morgan fingerprint density at radius 1 is 1.33 bits per heavy atom. The van der Waals surface area contributed by atoms with E-state index in [1.54, 1.807) is 7.11 Å². The van der Waals surface area contributed by atoms with Crippen molar-refractivity contribution in [1.29, 1.82) is 0 Å². The quantitative estimate of drug-likeness (QED) is 0.837. The van der Waals surface area contributed by atoms with Gasteiger partial charge in [-0.1, -0.05) is 33.6 Å². The fraction of sp³-hybridized carbons (Fsp3) is 0.938. The molecule has 1 saturated carbocycles. The van der Waals surface area contributed by atoms with Gasteiger partial charge in [0, 0.05) is 19.7 Å². The third-order valence-corrected chi connectivity index (χ3v) is 4.89. The zero-order valence-corrected chi connectivity index (χ0v) is 14.6. The van der Waals surface area contributed by atoms with Crippen LogP contribution in [0.3, 0.4) is 0 Å². The Morgan fingerprint density at radius 3 is 2.57 bits per heavy atom. The smallest absolute Gasteiger partial charge is 0.237 e. The predicted molar refractivity (Wildman–Crippen MR) is 87.8 cm³/mol. The molecule has 0 aromatic rings. The van der Waals surface area contributed by atoms with Crippen LogP contribution in [0.25, 0.3) is 0 Å². The molecule has 1 saturated heterocycles. The van der Waals surface area contributed by atoms with E-state index >= 15 is 0 Å². The molecule has 5 heteroatoms. The van der Waals surface area contributed by atoms with E-state index in [0.29, 0.717) is 18.5 Å². The van der Waals surface area contributed by atoms with Gasteiger partial charge in [-0.2, -0.15) is 0 Å². The van der Waals surface area contributed by atoms with Crippen LogP contribution in [-0.4, -0.2) is 37.7 Å². The van der Waals surface area contributed by atoms with E-state index in [0.717, 1.165) is 6.42 Å². The Kier molecular flexibility index (Phi) is 6.95. The molecule has 4 unspecified atom stereocenters. The summed E-state index contributed by atoms with van der Waals surface area (Å²) >= 11 is 0. The number of ether oxygens (including phenoxy) is 1. The molecule has 2 rings (SSSR count). The van der Waals surface area contributed by atoms with Gasteiger partial charge in [0.05, 0.1) is 12.1 Å². The topological polar surface area (TPSA) is 50.4 Å². The molecule has 4 nitrogen and oxygen atoms in total. The summed E-state index contributed by atoms with van der Waals surface area (Å²) in [4.78, 5) is 12.3. The van der Waals surface area contributed by atoms with E-state index in [1.807, 2.05) is 0 Å². The number of carbonyl (C=O) groups is 1. The van der Waals surface area contributed by atoms with Crippen molar-refractivity contribution < 1.29 is 9.53 Å². The normalized spacial score (nSPS) is 30.2. The first-order valence-corrected chi connectivity index (χ1v) is 7.98. The number of hydrogen-bond acceptors (Lipinski definition) is 3. The van der Waals surface area contributed by atoms with Crippen molar-refractivity contribution in [1.82, 2.24) is 10.6 Å². The Balaban J connectivity index is 0.00000220. The molecular weight excluding hydrogens is 288 g/mol. The fourth-order valence-electron chi connectivity index (χ4n) is 3.58. The monoisotopic (exact) mass is 318 g/mol. The molecule has 1 aliphatic heterocycles. The van der Waals surface area contributed by atoms with E-state index in [9.17, 15) is 4.79 Å². The molecule has 21 heavy (non-hydrogen) atoms. The summed E-state index contributed by atoms with van der Waals surface area (Å²) in [6.07, 6.45) is 6.20. The number of carbonyl (C=O) groups excluding carboxylic acids is 1. The second kappa shape index (κ2) is 7.80. The van der Waals surface area contributed by atoms with Crippen LogP contribution in [0.15, 0.2) is 0 Å². The summed E-state index contributed by atoms with van der Waals surface area (Å²) in [6, 6.07) is 0.570. The summed E-state index contributed by atoms with van der Waals surface area (Å²) in [5.41, 5.74) is 0.0408. The van der Waals surface area contributed by atoms with Gasteiger partial charge in [0.2, 0.25) is 5.91 Å². The second-order valence-electron chi connectivity index (χ2n) is 7.44. The molecule has 1 amide bonds. The first-order chi connectivity index (χ1) is 9.41. The number of halogens is 1. The molecule has 2 fully saturated rings. The molecule has 124 valence electrons. The van der Waals surface area contributed by atoms with E-state index in [1.165, 1.54) is 25.7 Å². The maximum absolute atomic E-state index is 12.3. The molecule has 1 aliphatic carbocycles.